The molecule has 0 aliphatic rings. The smallest absolute Gasteiger partial charge is 0.417 e. The Morgan fingerprint density at radius 2 is 1.91 bits per heavy atom. The molecule has 116 valence electrons. The Morgan fingerprint density at radius 3 is 2.59 bits per heavy atom. The Bertz CT molecular complexity index is 798. The van der Waals surface area contributed by atoms with Crippen LogP contribution in [-0.2, 0) is 18.3 Å². The second-order valence-electron chi connectivity index (χ2n) is 4.36. The number of alkyl halides is 3. The van der Waals surface area contributed by atoms with Crippen molar-refractivity contribution in [1.29, 1.82) is 0 Å². The van der Waals surface area contributed by atoms with Crippen LogP contribution in [0.2, 0.25) is 0 Å². The highest BCUT2D eigenvalue weighted by Gasteiger charge is 2.31. The van der Waals surface area contributed by atoms with Gasteiger partial charge in [0.1, 0.15) is 0 Å². The quantitative estimate of drug-likeness (QED) is 0.686. The van der Waals surface area contributed by atoms with Gasteiger partial charge >= 0.3 is 6.18 Å². The fourth-order valence-electron chi connectivity index (χ4n) is 1.75. The van der Waals surface area contributed by atoms with Gasteiger partial charge in [0.15, 0.2) is 10.8 Å². The molecule has 0 saturated carbocycles. The molecule has 3 rings (SSSR count). The minimum atomic E-state index is -4.41. The van der Waals surface area contributed by atoms with Crippen molar-refractivity contribution in [2.24, 2.45) is 0 Å². The largest absolute Gasteiger partial charge is 0.424 e. The maximum atomic E-state index is 12.8. The van der Waals surface area contributed by atoms with E-state index in [2.05, 4.69) is 20.4 Å². The Balaban J connectivity index is 1.84. The predicted molar refractivity (Wildman–Crippen MR) is 71.2 cm³/mol. The number of hydrogen-bond donors (Lipinski definition) is 0. The lowest BCUT2D eigenvalue weighted by molar-refractivity contribution is -0.137. The Morgan fingerprint density at radius 1 is 1.14 bits per heavy atom. The molecule has 0 fully saturated rings. The molecule has 10 heteroatoms. The molecule has 3 heterocycles. The zero-order valence-electron chi connectivity index (χ0n) is 11.3. The molecule has 0 spiro atoms. The van der Waals surface area contributed by atoms with Crippen molar-refractivity contribution in [3.8, 4) is 0 Å². The Hall–Kier alpha value is -2.10. The highest BCUT2D eigenvalue weighted by molar-refractivity contribution is 7.98. The lowest BCUT2D eigenvalue weighted by Crippen LogP contribution is -2.06. The van der Waals surface area contributed by atoms with Crippen LogP contribution in [0, 0.1) is 0 Å². The van der Waals surface area contributed by atoms with Gasteiger partial charge in [-0.15, -0.1) is 20.4 Å². The summed E-state index contributed by atoms with van der Waals surface area (Å²) in [5, 5.41) is 15.7. The molecule has 3 aromatic rings. The molecule has 6 nitrogen and oxygen atoms in total. The first kappa shape index (κ1) is 14.8. The van der Waals surface area contributed by atoms with Gasteiger partial charge in [-0.3, -0.25) is 4.40 Å². The summed E-state index contributed by atoms with van der Waals surface area (Å²) < 4.78 is 44.9. The zero-order valence-corrected chi connectivity index (χ0v) is 12.1. The van der Waals surface area contributed by atoms with Crippen LogP contribution >= 0.6 is 11.8 Å². The standard InChI is InChI=1S/C12H10F3N5OS/c1-2-9-17-18-10(21-9)6-22-11-19-16-8-4-3-7(5-20(8)11)12(13,14)15/h3-5H,2,6H2,1H3. The van der Waals surface area contributed by atoms with Crippen LogP contribution in [0.4, 0.5) is 13.2 Å². The van der Waals surface area contributed by atoms with Crippen LogP contribution in [0.15, 0.2) is 27.9 Å². The van der Waals surface area contributed by atoms with Crippen molar-refractivity contribution in [2.45, 2.75) is 30.4 Å². The number of aromatic nitrogens is 5. The molecule has 0 aliphatic heterocycles. The summed E-state index contributed by atoms with van der Waals surface area (Å²) in [7, 11) is 0. The third kappa shape index (κ3) is 2.91. The van der Waals surface area contributed by atoms with Crippen molar-refractivity contribution >= 4 is 17.4 Å². The fraction of sp³-hybridized carbons (Fsp3) is 0.333. The van der Waals surface area contributed by atoms with E-state index < -0.39 is 11.7 Å². The van der Waals surface area contributed by atoms with Crippen LogP contribution < -0.4 is 0 Å². The third-order valence-corrected chi connectivity index (χ3v) is 3.76. The van der Waals surface area contributed by atoms with Gasteiger partial charge in [-0.2, -0.15) is 13.2 Å². The molecule has 0 bridgehead atoms. The third-order valence-electron chi connectivity index (χ3n) is 2.83. The van der Waals surface area contributed by atoms with Crippen LogP contribution in [0.1, 0.15) is 24.3 Å². The molecule has 0 saturated heterocycles. The predicted octanol–water partition coefficient (Wildman–Crippen LogP) is 2.99. The number of thioether (sulfide) groups is 1. The van der Waals surface area contributed by atoms with Crippen molar-refractivity contribution in [1.82, 2.24) is 24.8 Å². The summed E-state index contributed by atoms with van der Waals surface area (Å²) >= 11 is 1.18. The normalized spacial score (nSPS) is 12.2. The highest BCUT2D eigenvalue weighted by Crippen LogP contribution is 2.30. The summed E-state index contributed by atoms with van der Waals surface area (Å²) in [5.74, 6) is 1.22. The summed E-state index contributed by atoms with van der Waals surface area (Å²) in [4.78, 5) is 0. The van der Waals surface area contributed by atoms with E-state index in [4.69, 9.17) is 4.42 Å². The zero-order chi connectivity index (χ0) is 15.7. The van der Waals surface area contributed by atoms with E-state index in [9.17, 15) is 13.2 Å². The molecule has 0 unspecified atom stereocenters. The second-order valence-corrected chi connectivity index (χ2v) is 5.30. The number of fused-ring (bicyclic) bond motifs is 1. The minimum absolute atomic E-state index is 0.310. The van der Waals surface area contributed by atoms with Gasteiger partial charge in [-0.1, -0.05) is 18.7 Å². The molecular formula is C12H10F3N5OS. The number of rotatable bonds is 4. The van der Waals surface area contributed by atoms with E-state index in [1.54, 1.807) is 0 Å². The Kier molecular flexibility index (Phi) is 3.77. The van der Waals surface area contributed by atoms with E-state index >= 15 is 0 Å². The summed E-state index contributed by atoms with van der Waals surface area (Å²) in [6.45, 7) is 1.88. The highest BCUT2D eigenvalue weighted by atomic mass is 32.2. The number of hydrogen-bond acceptors (Lipinski definition) is 6. The molecule has 0 N–H and O–H groups in total. The van der Waals surface area contributed by atoms with E-state index in [0.29, 0.717) is 34.8 Å². The SMILES string of the molecule is CCc1nnc(CSc2nnc3ccc(C(F)(F)F)cn23)o1. The number of pyridine rings is 1. The first-order valence-electron chi connectivity index (χ1n) is 6.33. The van der Waals surface area contributed by atoms with Crippen LogP contribution in [0.25, 0.3) is 5.65 Å². The lowest BCUT2D eigenvalue weighted by atomic mass is 10.3. The van der Waals surface area contributed by atoms with Gasteiger partial charge in [0, 0.05) is 12.6 Å². The van der Waals surface area contributed by atoms with Crippen molar-refractivity contribution in [3.05, 3.63) is 35.7 Å². The first-order valence-corrected chi connectivity index (χ1v) is 7.32. The van der Waals surface area contributed by atoms with Crippen molar-refractivity contribution in [3.63, 3.8) is 0 Å². The number of halogens is 3. The molecule has 0 atom stereocenters. The van der Waals surface area contributed by atoms with Gasteiger partial charge in [-0.25, -0.2) is 0 Å². The topological polar surface area (TPSA) is 69.1 Å². The fourth-order valence-corrected chi connectivity index (χ4v) is 2.50. The first-order chi connectivity index (χ1) is 10.5. The van der Waals surface area contributed by atoms with E-state index in [0.717, 1.165) is 12.3 Å². The summed E-state index contributed by atoms with van der Waals surface area (Å²) in [6, 6.07) is 2.26. The van der Waals surface area contributed by atoms with Gasteiger partial charge in [-0.05, 0) is 12.1 Å². The number of nitrogens with zero attached hydrogens (tertiary/aromatic N) is 5. The van der Waals surface area contributed by atoms with E-state index in [1.807, 2.05) is 6.92 Å². The maximum absolute atomic E-state index is 12.8. The average Bonchev–Trinajstić information content (AvgIpc) is 3.10. The monoisotopic (exact) mass is 329 g/mol. The van der Waals surface area contributed by atoms with Crippen LogP contribution in [0.3, 0.4) is 0 Å². The van der Waals surface area contributed by atoms with E-state index in [-0.39, 0.29) is 0 Å². The van der Waals surface area contributed by atoms with Gasteiger partial charge in [0.25, 0.3) is 0 Å². The van der Waals surface area contributed by atoms with Crippen molar-refractivity contribution in [2.75, 3.05) is 0 Å². The van der Waals surface area contributed by atoms with Crippen molar-refractivity contribution < 1.29 is 17.6 Å². The Labute approximate surface area is 126 Å². The summed E-state index contributed by atoms with van der Waals surface area (Å²) in [5.41, 5.74) is -0.414. The van der Waals surface area contributed by atoms with Crippen LogP contribution in [0.5, 0.6) is 0 Å². The molecule has 0 amide bonds. The molecule has 3 aromatic heterocycles. The average molecular weight is 329 g/mol. The molecule has 0 radical (unpaired) electrons. The molecule has 0 aromatic carbocycles. The van der Waals surface area contributed by atoms with Crippen LogP contribution in [-0.4, -0.2) is 24.8 Å². The van der Waals surface area contributed by atoms with E-state index in [1.165, 1.54) is 22.2 Å². The second kappa shape index (κ2) is 5.59. The minimum Gasteiger partial charge on any atom is -0.424 e. The van der Waals surface area contributed by atoms with Gasteiger partial charge < -0.3 is 4.42 Å². The van der Waals surface area contributed by atoms with Gasteiger partial charge in [0.2, 0.25) is 11.8 Å². The van der Waals surface area contributed by atoms with Gasteiger partial charge in [0.05, 0.1) is 11.3 Å². The molecular weight excluding hydrogens is 319 g/mol. The number of aryl methyl sites for hydroxylation is 1. The summed E-state index contributed by atoms with van der Waals surface area (Å²) in [6.07, 6.45) is -2.81. The maximum Gasteiger partial charge on any atom is 0.417 e. The lowest BCUT2D eigenvalue weighted by Gasteiger charge is -2.06. The molecule has 0 aliphatic carbocycles. The molecule has 22 heavy (non-hydrogen) atoms.